The number of aromatic nitrogens is 2. The highest BCUT2D eigenvalue weighted by Crippen LogP contribution is 2.33. The molecule has 0 radical (unpaired) electrons. The van der Waals surface area contributed by atoms with Crippen LogP contribution in [-0.4, -0.2) is 28.1 Å². The summed E-state index contributed by atoms with van der Waals surface area (Å²) in [5, 5.41) is 5.27. The van der Waals surface area contributed by atoms with Crippen LogP contribution in [0.25, 0.3) is 0 Å². The van der Waals surface area contributed by atoms with E-state index < -0.39 is 0 Å². The summed E-state index contributed by atoms with van der Waals surface area (Å²) in [6, 6.07) is 2.28. The van der Waals surface area contributed by atoms with Gasteiger partial charge < -0.3 is 14.6 Å². The molecule has 0 aliphatic carbocycles. The number of nitrogens with one attached hydrogen (secondary N) is 1. The van der Waals surface area contributed by atoms with E-state index in [2.05, 4.69) is 32.5 Å². The number of aryl methyl sites for hydroxylation is 2. The lowest BCUT2D eigenvalue weighted by atomic mass is 10.0. The molecule has 0 spiro atoms. The maximum atomic E-state index is 12.4. The number of amides is 1. The van der Waals surface area contributed by atoms with Gasteiger partial charge in [0.25, 0.3) is 0 Å². The van der Waals surface area contributed by atoms with Crippen LogP contribution < -0.4 is 5.32 Å². The fraction of sp³-hybridized carbons (Fsp3) is 0.529. The van der Waals surface area contributed by atoms with Crippen molar-refractivity contribution in [2.45, 2.75) is 51.3 Å². The van der Waals surface area contributed by atoms with E-state index in [1.165, 1.54) is 10.4 Å². The van der Waals surface area contributed by atoms with Crippen molar-refractivity contribution in [2.75, 3.05) is 6.61 Å². The number of hydrogen-bond donors (Lipinski definition) is 1. The number of carbonyl (C=O) groups is 1. The number of rotatable bonds is 3. The zero-order chi connectivity index (χ0) is 15.8. The largest absolute Gasteiger partial charge is 0.373 e. The monoisotopic (exact) mass is 331 g/mol. The summed E-state index contributed by atoms with van der Waals surface area (Å²) < 4.78 is 7.98. The molecule has 0 fully saturated rings. The Balaban J connectivity index is 1.37. The molecule has 2 unspecified atom stereocenters. The number of thiophene rings is 1. The zero-order valence-corrected chi connectivity index (χ0v) is 14.1. The first-order chi connectivity index (χ1) is 11.2. The van der Waals surface area contributed by atoms with Crippen LogP contribution in [0.1, 0.15) is 40.9 Å². The Morgan fingerprint density at radius 1 is 1.52 bits per heavy atom. The maximum absolute atomic E-state index is 12.4. The molecule has 0 saturated heterocycles. The van der Waals surface area contributed by atoms with E-state index in [0.29, 0.717) is 13.0 Å². The van der Waals surface area contributed by atoms with Crippen molar-refractivity contribution < 1.29 is 9.53 Å². The zero-order valence-electron chi connectivity index (χ0n) is 13.2. The summed E-state index contributed by atoms with van der Waals surface area (Å²) >= 11 is 1.76. The van der Waals surface area contributed by atoms with E-state index in [-0.39, 0.29) is 18.1 Å². The second-order valence-electron chi connectivity index (χ2n) is 6.37. The van der Waals surface area contributed by atoms with Crippen molar-refractivity contribution in [1.29, 1.82) is 0 Å². The van der Waals surface area contributed by atoms with Crippen molar-refractivity contribution in [1.82, 2.24) is 14.9 Å². The molecule has 6 heteroatoms. The lowest BCUT2D eigenvalue weighted by Gasteiger charge is -2.27. The summed E-state index contributed by atoms with van der Waals surface area (Å²) in [5.41, 5.74) is 2.25. The van der Waals surface area contributed by atoms with Gasteiger partial charge in [0.15, 0.2) is 0 Å². The molecule has 23 heavy (non-hydrogen) atoms. The number of ether oxygens (including phenoxy) is 1. The third-order valence-corrected chi connectivity index (χ3v) is 5.62. The van der Waals surface area contributed by atoms with E-state index in [0.717, 1.165) is 37.3 Å². The van der Waals surface area contributed by atoms with Gasteiger partial charge in [-0.25, -0.2) is 4.98 Å². The summed E-state index contributed by atoms with van der Waals surface area (Å²) in [5.74, 6) is 1.21. The lowest BCUT2D eigenvalue weighted by molar-refractivity contribution is -0.125. The Morgan fingerprint density at radius 3 is 3.35 bits per heavy atom. The summed E-state index contributed by atoms with van der Waals surface area (Å²) in [6.45, 7) is 3.54. The molecule has 2 atom stereocenters. The molecule has 0 bridgehead atoms. The summed E-state index contributed by atoms with van der Waals surface area (Å²) in [4.78, 5) is 18.3. The van der Waals surface area contributed by atoms with Crippen molar-refractivity contribution in [2.24, 2.45) is 0 Å². The Morgan fingerprint density at radius 2 is 2.43 bits per heavy atom. The van der Waals surface area contributed by atoms with Crippen LogP contribution >= 0.6 is 11.3 Å². The van der Waals surface area contributed by atoms with Crippen LogP contribution in [0, 0.1) is 6.92 Å². The van der Waals surface area contributed by atoms with Gasteiger partial charge in [0, 0.05) is 36.5 Å². The Labute approximate surface area is 139 Å². The number of carbonyl (C=O) groups excluding carboxylic acids is 1. The first-order valence-electron chi connectivity index (χ1n) is 8.19. The summed E-state index contributed by atoms with van der Waals surface area (Å²) in [7, 11) is 0. The third-order valence-electron chi connectivity index (χ3n) is 4.62. The van der Waals surface area contributed by atoms with Gasteiger partial charge in [0.05, 0.1) is 24.8 Å². The Bertz CT molecular complexity index is 721. The molecule has 1 N–H and O–H groups in total. The molecule has 2 aromatic rings. The summed E-state index contributed by atoms with van der Waals surface area (Å²) in [6.07, 6.45) is 5.24. The van der Waals surface area contributed by atoms with Crippen molar-refractivity contribution >= 4 is 17.2 Å². The molecule has 122 valence electrons. The molecule has 0 aromatic carbocycles. The number of nitrogens with zero attached hydrogens (tertiary/aromatic N) is 2. The van der Waals surface area contributed by atoms with E-state index >= 15 is 0 Å². The maximum Gasteiger partial charge on any atom is 0.223 e. The molecular formula is C17H21N3O2S. The van der Waals surface area contributed by atoms with Crippen molar-refractivity contribution in [3.63, 3.8) is 0 Å². The second kappa shape index (κ2) is 6.09. The fourth-order valence-corrected chi connectivity index (χ4v) is 4.47. The lowest BCUT2D eigenvalue weighted by Crippen LogP contribution is -2.41. The minimum absolute atomic E-state index is 0.0827. The second-order valence-corrected chi connectivity index (χ2v) is 7.37. The number of hydrogen-bond acceptors (Lipinski definition) is 4. The first-order valence-corrected chi connectivity index (χ1v) is 9.07. The normalized spacial score (nSPS) is 23.2. The van der Waals surface area contributed by atoms with E-state index in [4.69, 9.17) is 4.74 Å². The van der Waals surface area contributed by atoms with Gasteiger partial charge in [-0.2, -0.15) is 0 Å². The number of fused-ring (bicyclic) bond motifs is 2. The quantitative estimate of drug-likeness (QED) is 0.939. The topological polar surface area (TPSA) is 56.2 Å². The van der Waals surface area contributed by atoms with Crippen molar-refractivity contribution in [3.05, 3.63) is 39.6 Å². The molecule has 0 saturated carbocycles. The van der Waals surface area contributed by atoms with Crippen LogP contribution in [0.3, 0.4) is 0 Å². The third kappa shape index (κ3) is 3.05. The molecule has 5 nitrogen and oxygen atoms in total. The minimum atomic E-state index is -0.0837. The predicted molar refractivity (Wildman–Crippen MR) is 88.5 cm³/mol. The van der Waals surface area contributed by atoms with Crippen LogP contribution in [0.4, 0.5) is 0 Å². The standard InChI is InChI=1S/C17H21N3O2S/c1-11-9-20-10-12(2-3-16(20)18-11)19-17(21)8-14-13-5-7-23-15(13)4-6-22-14/h5,7,9,12,14H,2-4,6,8,10H2,1H3,(H,19,21). The van der Waals surface area contributed by atoms with Gasteiger partial charge in [-0.05, 0) is 30.4 Å². The van der Waals surface area contributed by atoms with Crippen LogP contribution in [0.2, 0.25) is 0 Å². The SMILES string of the molecule is Cc1cn2c(n1)CCC(NC(=O)CC1OCCc3sccc31)C2. The van der Waals surface area contributed by atoms with E-state index in [9.17, 15) is 4.79 Å². The van der Waals surface area contributed by atoms with Gasteiger partial charge in [0.2, 0.25) is 5.91 Å². The minimum Gasteiger partial charge on any atom is -0.373 e. The molecule has 1 amide bonds. The Kier molecular flexibility index (Phi) is 3.95. The van der Waals surface area contributed by atoms with E-state index in [1.54, 1.807) is 11.3 Å². The highest BCUT2D eigenvalue weighted by molar-refractivity contribution is 7.10. The van der Waals surface area contributed by atoms with Gasteiger partial charge in [-0.3, -0.25) is 4.79 Å². The van der Waals surface area contributed by atoms with Crippen LogP contribution in [0.15, 0.2) is 17.6 Å². The predicted octanol–water partition coefficient (Wildman–Crippen LogP) is 2.39. The Hall–Kier alpha value is -1.66. The average molecular weight is 331 g/mol. The van der Waals surface area contributed by atoms with Gasteiger partial charge in [0.1, 0.15) is 5.82 Å². The molecule has 2 aromatic heterocycles. The molecular weight excluding hydrogens is 310 g/mol. The molecule has 2 aliphatic heterocycles. The molecule has 4 rings (SSSR count). The molecule has 4 heterocycles. The van der Waals surface area contributed by atoms with E-state index in [1.807, 2.05) is 6.92 Å². The number of imidazole rings is 1. The molecule has 2 aliphatic rings. The smallest absolute Gasteiger partial charge is 0.223 e. The first kappa shape index (κ1) is 14.9. The highest BCUT2D eigenvalue weighted by atomic mass is 32.1. The van der Waals surface area contributed by atoms with Crippen LogP contribution in [-0.2, 0) is 28.9 Å². The highest BCUT2D eigenvalue weighted by Gasteiger charge is 2.26. The van der Waals surface area contributed by atoms with Crippen molar-refractivity contribution in [3.8, 4) is 0 Å². The van der Waals surface area contributed by atoms with Gasteiger partial charge in [-0.1, -0.05) is 0 Å². The van der Waals surface area contributed by atoms with Crippen LogP contribution in [0.5, 0.6) is 0 Å². The fourth-order valence-electron chi connectivity index (χ4n) is 3.55. The average Bonchev–Trinajstić information content (AvgIpc) is 3.12. The van der Waals surface area contributed by atoms with Gasteiger partial charge in [-0.15, -0.1) is 11.3 Å². The van der Waals surface area contributed by atoms with Gasteiger partial charge >= 0.3 is 0 Å².